The Balaban J connectivity index is 1.97. The summed E-state index contributed by atoms with van der Waals surface area (Å²) < 4.78 is 5.52. The fourth-order valence-electron chi connectivity index (χ4n) is 2.06. The average Bonchev–Trinajstić information content (AvgIpc) is 3.07. The molecule has 3 rings (SSSR count). The van der Waals surface area contributed by atoms with Crippen LogP contribution in [0.5, 0.6) is 0 Å². The van der Waals surface area contributed by atoms with Crippen molar-refractivity contribution in [3.63, 3.8) is 0 Å². The first-order valence-corrected chi connectivity index (χ1v) is 6.08. The van der Waals surface area contributed by atoms with Crippen LogP contribution >= 0.6 is 11.6 Å². The largest absolute Gasteiger partial charge is 0.457 e. The Hall–Kier alpha value is -1.03. The molecule has 2 unspecified atom stereocenters. The predicted octanol–water partition coefficient (Wildman–Crippen LogP) is 2.89. The van der Waals surface area contributed by atoms with Crippen LogP contribution in [0.2, 0.25) is 5.02 Å². The molecule has 1 aliphatic rings. The van der Waals surface area contributed by atoms with E-state index in [9.17, 15) is 10.2 Å². The number of para-hydroxylation sites is 1. The molecular weight excluding hydrogens is 240 g/mol. The van der Waals surface area contributed by atoms with Gasteiger partial charge in [0.05, 0.1) is 11.1 Å². The summed E-state index contributed by atoms with van der Waals surface area (Å²) in [4.78, 5) is 0. The van der Waals surface area contributed by atoms with E-state index in [1.165, 1.54) is 0 Å². The molecule has 17 heavy (non-hydrogen) atoms. The quantitative estimate of drug-likeness (QED) is 0.883. The highest BCUT2D eigenvalue weighted by molar-refractivity contribution is 6.34. The minimum Gasteiger partial charge on any atom is -0.457 e. The Morgan fingerprint density at radius 1 is 1.29 bits per heavy atom. The summed E-state index contributed by atoms with van der Waals surface area (Å²) in [6, 6.07) is 7.16. The molecule has 0 amide bonds. The Labute approximate surface area is 104 Å². The summed E-state index contributed by atoms with van der Waals surface area (Å²) in [5.74, 6) is 0.584. The summed E-state index contributed by atoms with van der Waals surface area (Å²) in [5, 5.41) is 21.2. The number of benzene rings is 1. The molecule has 0 radical (unpaired) electrons. The van der Waals surface area contributed by atoms with Crippen molar-refractivity contribution in [2.75, 3.05) is 0 Å². The van der Waals surface area contributed by atoms with Crippen molar-refractivity contribution in [1.82, 2.24) is 0 Å². The standard InChI is InChI=1S/C13H13ClO3/c14-9-3-1-2-8-6-10(17-13(8)9)12(16)11(15)7-4-5-7/h1-3,6-7,11-12,15-16H,4-5H2. The lowest BCUT2D eigenvalue weighted by Gasteiger charge is -2.14. The molecule has 1 heterocycles. The molecule has 4 heteroatoms. The van der Waals surface area contributed by atoms with Crippen molar-refractivity contribution in [2.24, 2.45) is 5.92 Å². The first kappa shape index (κ1) is 11.1. The highest BCUT2D eigenvalue weighted by Gasteiger charge is 2.36. The molecule has 1 aromatic heterocycles. The molecule has 1 aliphatic carbocycles. The van der Waals surface area contributed by atoms with Gasteiger partial charge in [0, 0.05) is 5.39 Å². The lowest BCUT2D eigenvalue weighted by Crippen LogP contribution is -2.19. The van der Waals surface area contributed by atoms with Crippen LogP contribution in [0.4, 0.5) is 0 Å². The van der Waals surface area contributed by atoms with Gasteiger partial charge in [-0.05, 0) is 30.9 Å². The molecule has 0 aliphatic heterocycles. The highest BCUT2D eigenvalue weighted by Crippen LogP contribution is 2.39. The van der Waals surface area contributed by atoms with E-state index < -0.39 is 12.2 Å². The minimum atomic E-state index is -0.967. The Kier molecular flexibility index (Phi) is 2.62. The fraction of sp³-hybridized carbons (Fsp3) is 0.385. The molecule has 0 bridgehead atoms. The number of furan rings is 1. The van der Waals surface area contributed by atoms with Gasteiger partial charge in [-0.2, -0.15) is 0 Å². The first-order valence-electron chi connectivity index (χ1n) is 5.71. The van der Waals surface area contributed by atoms with Gasteiger partial charge in [-0.3, -0.25) is 0 Å². The van der Waals surface area contributed by atoms with E-state index in [0.717, 1.165) is 18.2 Å². The number of fused-ring (bicyclic) bond motifs is 1. The van der Waals surface area contributed by atoms with Crippen molar-refractivity contribution >= 4 is 22.6 Å². The van der Waals surface area contributed by atoms with Gasteiger partial charge >= 0.3 is 0 Å². The van der Waals surface area contributed by atoms with Gasteiger partial charge in [0.15, 0.2) is 5.58 Å². The topological polar surface area (TPSA) is 53.6 Å². The monoisotopic (exact) mass is 252 g/mol. The minimum absolute atomic E-state index is 0.202. The van der Waals surface area contributed by atoms with Crippen LogP contribution in [0, 0.1) is 5.92 Å². The SMILES string of the molecule is OC(c1cc2cccc(Cl)c2o1)C(O)C1CC1. The molecule has 3 nitrogen and oxygen atoms in total. The fourth-order valence-corrected chi connectivity index (χ4v) is 2.28. The van der Waals surface area contributed by atoms with E-state index in [1.54, 1.807) is 12.1 Å². The van der Waals surface area contributed by atoms with E-state index in [4.69, 9.17) is 16.0 Å². The van der Waals surface area contributed by atoms with Gasteiger partial charge in [0.1, 0.15) is 11.9 Å². The molecule has 2 atom stereocenters. The lowest BCUT2D eigenvalue weighted by atomic mass is 10.1. The van der Waals surface area contributed by atoms with E-state index in [0.29, 0.717) is 16.4 Å². The van der Waals surface area contributed by atoms with Gasteiger partial charge in [-0.25, -0.2) is 0 Å². The number of rotatable bonds is 3. The zero-order chi connectivity index (χ0) is 12.0. The maximum Gasteiger partial charge on any atom is 0.152 e. The molecule has 0 spiro atoms. The van der Waals surface area contributed by atoms with Gasteiger partial charge in [0.2, 0.25) is 0 Å². The van der Waals surface area contributed by atoms with Crippen LogP contribution in [0.25, 0.3) is 11.0 Å². The summed E-state index contributed by atoms with van der Waals surface area (Å²) >= 11 is 5.99. The zero-order valence-electron chi connectivity index (χ0n) is 9.14. The number of aliphatic hydroxyl groups is 2. The maximum atomic E-state index is 10.0. The van der Waals surface area contributed by atoms with E-state index in [-0.39, 0.29) is 5.92 Å². The van der Waals surface area contributed by atoms with Crippen LogP contribution in [0.3, 0.4) is 0 Å². The smallest absolute Gasteiger partial charge is 0.152 e. The van der Waals surface area contributed by atoms with Gasteiger partial charge in [0.25, 0.3) is 0 Å². The zero-order valence-corrected chi connectivity index (χ0v) is 9.89. The van der Waals surface area contributed by atoms with Gasteiger partial charge in [-0.1, -0.05) is 23.7 Å². The van der Waals surface area contributed by atoms with Gasteiger partial charge in [-0.15, -0.1) is 0 Å². The maximum absolute atomic E-state index is 10.0. The van der Waals surface area contributed by atoms with E-state index >= 15 is 0 Å². The second-order valence-electron chi connectivity index (χ2n) is 4.58. The summed E-state index contributed by atoms with van der Waals surface area (Å²) in [7, 11) is 0. The van der Waals surface area contributed by atoms with Crippen molar-refractivity contribution < 1.29 is 14.6 Å². The summed E-state index contributed by atoms with van der Waals surface area (Å²) in [5.41, 5.74) is 0.561. The third kappa shape index (κ3) is 1.95. The van der Waals surface area contributed by atoms with Gasteiger partial charge < -0.3 is 14.6 Å². The molecule has 90 valence electrons. The molecule has 1 fully saturated rings. The third-order valence-electron chi connectivity index (χ3n) is 3.24. The molecule has 2 aromatic rings. The van der Waals surface area contributed by atoms with Crippen molar-refractivity contribution in [2.45, 2.75) is 25.0 Å². The number of aliphatic hydroxyl groups excluding tert-OH is 2. The van der Waals surface area contributed by atoms with Crippen LogP contribution in [0.1, 0.15) is 24.7 Å². The lowest BCUT2D eigenvalue weighted by molar-refractivity contribution is -0.00632. The Bertz CT molecular complexity index is 545. The van der Waals surface area contributed by atoms with E-state index in [2.05, 4.69) is 0 Å². The number of hydrogen-bond acceptors (Lipinski definition) is 3. The predicted molar refractivity (Wildman–Crippen MR) is 64.9 cm³/mol. The highest BCUT2D eigenvalue weighted by atomic mass is 35.5. The second kappa shape index (κ2) is 4.02. The first-order chi connectivity index (χ1) is 8.16. The van der Waals surface area contributed by atoms with Crippen LogP contribution in [0.15, 0.2) is 28.7 Å². The van der Waals surface area contributed by atoms with Crippen LogP contribution in [-0.4, -0.2) is 16.3 Å². The molecule has 1 aromatic carbocycles. The molecule has 1 saturated carbocycles. The van der Waals surface area contributed by atoms with Crippen molar-refractivity contribution in [3.05, 3.63) is 35.0 Å². The third-order valence-corrected chi connectivity index (χ3v) is 3.53. The summed E-state index contributed by atoms with van der Waals surface area (Å²) in [6.07, 6.45) is 0.235. The van der Waals surface area contributed by atoms with E-state index in [1.807, 2.05) is 12.1 Å². The average molecular weight is 253 g/mol. The second-order valence-corrected chi connectivity index (χ2v) is 4.99. The Morgan fingerprint density at radius 3 is 2.71 bits per heavy atom. The van der Waals surface area contributed by atoms with Crippen LogP contribution in [-0.2, 0) is 0 Å². The Morgan fingerprint density at radius 2 is 2.06 bits per heavy atom. The summed E-state index contributed by atoms with van der Waals surface area (Å²) in [6.45, 7) is 0. The number of halogens is 1. The van der Waals surface area contributed by atoms with Crippen molar-refractivity contribution in [1.29, 1.82) is 0 Å². The van der Waals surface area contributed by atoms with Crippen molar-refractivity contribution in [3.8, 4) is 0 Å². The molecule has 0 saturated heterocycles. The van der Waals surface area contributed by atoms with Crippen LogP contribution < -0.4 is 0 Å². The molecular formula is C13H13ClO3. The normalized spacial score (nSPS) is 19.5. The number of hydrogen-bond donors (Lipinski definition) is 2. The molecule has 2 N–H and O–H groups in total.